The molecule has 2 aliphatic rings. The third kappa shape index (κ3) is 4.12. The Labute approximate surface area is 181 Å². The molecular weight excluding hydrogens is 398 g/mol. The van der Waals surface area contributed by atoms with Crippen LogP contribution in [0.2, 0.25) is 0 Å². The van der Waals surface area contributed by atoms with Crippen LogP contribution in [-0.2, 0) is 16.0 Å². The van der Waals surface area contributed by atoms with E-state index in [0.717, 1.165) is 59.9 Å². The second kappa shape index (κ2) is 9.00. The van der Waals surface area contributed by atoms with Gasteiger partial charge in [-0.05, 0) is 56.0 Å². The molecule has 158 valence electrons. The predicted molar refractivity (Wildman–Crippen MR) is 120 cm³/mol. The molecule has 2 aliphatic heterocycles. The van der Waals surface area contributed by atoms with Crippen LogP contribution in [0, 0.1) is 0 Å². The fourth-order valence-corrected chi connectivity index (χ4v) is 5.05. The molecule has 1 aromatic carbocycles. The number of anilines is 1. The van der Waals surface area contributed by atoms with Crippen LogP contribution in [0.15, 0.2) is 35.3 Å². The van der Waals surface area contributed by atoms with E-state index in [4.69, 9.17) is 4.74 Å². The van der Waals surface area contributed by atoms with E-state index in [1.54, 1.807) is 23.3 Å². The van der Waals surface area contributed by atoms with Gasteiger partial charge in [-0.1, -0.05) is 6.92 Å². The average Bonchev–Trinajstić information content (AvgIpc) is 3.17. The molecule has 0 bridgehead atoms. The van der Waals surface area contributed by atoms with Gasteiger partial charge in [-0.25, -0.2) is 0 Å². The van der Waals surface area contributed by atoms with E-state index in [2.05, 4.69) is 18.0 Å². The van der Waals surface area contributed by atoms with Crippen molar-refractivity contribution in [2.75, 3.05) is 38.2 Å². The lowest BCUT2D eigenvalue weighted by molar-refractivity contribution is -0.132. The minimum absolute atomic E-state index is 0.0216. The number of rotatable bonds is 5. The van der Waals surface area contributed by atoms with Crippen molar-refractivity contribution in [2.24, 2.45) is 4.99 Å². The number of aliphatic imine (C=N–C) groups is 1. The Morgan fingerprint density at radius 2 is 1.90 bits per heavy atom. The SMILES string of the molecule is CCc1cc2c(s1)N(CC(=O)N1CCCCC1)C(=O)CN=C2c1ccc(OC)cc1. The molecule has 0 saturated carbocycles. The molecule has 0 atom stereocenters. The van der Waals surface area contributed by atoms with Gasteiger partial charge in [-0.2, -0.15) is 0 Å². The molecule has 3 heterocycles. The second-order valence-electron chi connectivity index (χ2n) is 7.60. The first-order valence-corrected chi connectivity index (χ1v) is 11.3. The molecule has 0 radical (unpaired) electrons. The molecule has 0 N–H and O–H groups in total. The van der Waals surface area contributed by atoms with Crippen LogP contribution >= 0.6 is 11.3 Å². The van der Waals surface area contributed by atoms with Gasteiger partial charge in [-0.15, -0.1) is 11.3 Å². The Morgan fingerprint density at radius 1 is 1.17 bits per heavy atom. The van der Waals surface area contributed by atoms with Gasteiger partial charge in [0.15, 0.2) is 0 Å². The number of piperidine rings is 1. The van der Waals surface area contributed by atoms with Crippen molar-refractivity contribution >= 4 is 33.9 Å². The van der Waals surface area contributed by atoms with Crippen molar-refractivity contribution in [3.05, 3.63) is 46.3 Å². The second-order valence-corrected chi connectivity index (χ2v) is 8.71. The van der Waals surface area contributed by atoms with Crippen molar-refractivity contribution in [3.63, 3.8) is 0 Å². The number of benzene rings is 1. The van der Waals surface area contributed by atoms with E-state index < -0.39 is 0 Å². The van der Waals surface area contributed by atoms with E-state index in [0.29, 0.717) is 0 Å². The van der Waals surface area contributed by atoms with E-state index >= 15 is 0 Å². The lowest BCUT2D eigenvalue weighted by Crippen LogP contribution is -2.45. The number of methoxy groups -OCH3 is 1. The van der Waals surface area contributed by atoms with Gasteiger partial charge >= 0.3 is 0 Å². The summed E-state index contributed by atoms with van der Waals surface area (Å²) in [6.07, 6.45) is 4.11. The van der Waals surface area contributed by atoms with Crippen molar-refractivity contribution in [1.82, 2.24) is 4.90 Å². The molecule has 1 aromatic heterocycles. The van der Waals surface area contributed by atoms with E-state index in [9.17, 15) is 9.59 Å². The number of nitrogens with zero attached hydrogens (tertiary/aromatic N) is 3. The summed E-state index contributed by atoms with van der Waals surface area (Å²) in [4.78, 5) is 35.3. The summed E-state index contributed by atoms with van der Waals surface area (Å²) in [5.41, 5.74) is 2.67. The Bertz CT molecular complexity index is 959. The highest BCUT2D eigenvalue weighted by Crippen LogP contribution is 2.36. The van der Waals surface area contributed by atoms with Crippen LogP contribution in [0.25, 0.3) is 0 Å². The number of fused-ring (bicyclic) bond motifs is 1. The fraction of sp³-hybridized carbons (Fsp3) is 0.435. The molecule has 2 amide bonds. The monoisotopic (exact) mass is 425 g/mol. The summed E-state index contributed by atoms with van der Waals surface area (Å²) >= 11 is 1.58. The lowest BCUT2D eigenvalue weighted by atomic mass is 10.0. The number of carbonyl (C=O) groups excluding carboxylic acids is 2. The third-order valence-corrected chi connectivity index (χ3v) is 6.95. The molecule has 1 saturated heterocycles. The Hall–Kier alpha value is -2.67. The quantitative estimate of drug-likeness (QED) is 0.736. The molecular formula is C23H27N3O3S. The maximum atomic E-state index is 13.0. The molecule has 0 aliphatic carbocycles. The number of likely N-dealkylation sites (tertiary alicyclic amines) is 1. The minimum atomic E-state index is -0.130. The topological polar surface area (TPSA) is 62.2 Å². The number of carbonyl (C=O) groups is 2. The number of thiophene rings is 1. The highest BCUT2D eigenvalue weighted by molar-refractivity contribution is 7.16. The molecule has 7 heteroatoms. The van der Waals surface area contributed by atoms with Crippen molar-refractivity contribution in [1.29, 1.82) is 0 Å². The van der Waals surface area contributed by atoms with Gasteiger partial charge in [0.25, 0.3) is 0 Å². The van der Waals surface area contributed by atoms with Gasteiger partial charge in [-0.3, -0.25) is 19.5 Å². The van der Waals surface area contributed by atoms with Crippen LogP contribution in [0.5, 0.6) is 5.75 Å². The van der Waals surface area contributed by atoms with Gasteiger partial charge < -0.3 is 9.64 Å². The maximum Gasteiger partial charge on any atom is 0.249 e. The molecule has 30 heavy (non-hydrogen) atoms. The molecule has 1 fully saturated rings. The summed E-state index contributed by atoms with van der Waals surface area (Å²) in [5, 5.41) is 0.828. The number of ether oxygens (including phenoxy) is 1. The van der Waals surface area contributed by atoms with Crippen LogP contribution in [0.4, 0.5) is 5.00 Å². The highest BCUT2D eigenvalue weighted by Gasteiger charge is 2.30. The number of amides is 2. The first kappa shape index (κ1) is 20.6. The zero-order chi connectivity index (χ0) is 21.1. The Morgan fingerprint density at radius 3 is 2.57 bits per heavy atom. The van der Waals surface area contributed by atoms with Crippen LogP contribution in [0.1, 0.15) is 42.2 Å². The summed E-state index contributed by atoms with van der Waals surface area (Å²) in [5.74, 6) is 0.667. The number of hydrogen-bond donors (Lipinski definition) is 0. The molecule has 6 nitrogen and oxygen atoms in total. The van der Waals surface area contributed by atoms with Gasteiger partial charge in [0.2, 0.25) is 11.8 Å². The predicted octanol–water partition coefficient (Wildman–Crippen LogP) is 3.52. The van der Waals surface area contributed by atoms with Crippen LogP contribution in [-0.4, -0.2) is 55.7 Å². The van der Waals surface area contributed by atoms with Gasteiger partial charge in [0, 0.05) is 29.1 Å². The Balaban J connectivity index is 1.68. The summed E-state index contributed by atoms with van der Waals surface area (Å²) in [6.45, 7) is 3.79. The molecule has 0 unspecified atom stereocenters. The summed E-state index contributed by atoms with van der Waals surface area (Å²) < 4.78 is 5.27. The van der Waals surface area contributed by atoms with Crippen molar-refractivity contribution in [2.45, 2.75) is 32.6 Å². The van der Waals surface area contributed by atoms with Crippen LogP contribution < -0.4 is 9.64 Å². The Kier molecular flexibility index (Phi) is 6.18. The average molecular weight is 426 g/mol. The third-order valence-electron chi connectivity index (χ3n) is 5.65. The highest BCUT2D eigenvalue weighted by atomic mass is 32.1. The largest absolute Gasteiger partial charge is 0.497 e. The zero-order valence-electron chi connectivity index (χ0n) is 17.5. The maximum absolute atomic E-state index is 13.0. The number of aryl methyl sites for hydroxylation is 1. The van der Waals surface area contributed by atoms with Gasteiger partial charge in [0.05, 0.1) is 12.8 Å². The van der Waals surface area contributed by atoms with Crippen molar-refractivity contribution in [3.8, 4) is 5.75 Å². The standard InChI is InChI=1S/C23H27N3O3S/c1-3-18-13-19-22(16-7-9-17(29-2)10-8-16)24-14-20(27)26(23(19)30-18)15-21(28)25-11-5-4-6-12-25/h7-10,13H,3-6,11-12,14-15H2,1-2H3. The van der Waals surface area contributed by atoms with Gasteiger partial charge in [0.1, 0.15) is 23.8 Å². The lowest BCUT2D eigenvalue weighted by Gasteiger charge is -2.29. The number of hydrogen-bond acceptors (Lipinski definition) is 5. The van der Waals surface area contributed by atoms with E-state index in [1.165, 1.54) is 11.3 Å². The minimum Gasteiger partial charge on any atom is -0.497 e. The smallest absolute Gasteiger partial charge is 0.249 e. The van der Waals surface area contributed by atoms with Crippen molar-refractivity contribution < 1.29 is 14.3 Å². The molecule has 4 rings (SSSR count). The van der Waals surface area contributed by atoms with Crippen LogP contribution in [0.3, 0.4) is 0 Å². The summed E-state index contributed by atoms with van der Waals surface area (Å²) in [7, 11) is 1.64. The molecule has 0 spiro atoms. The fourth-order valence-electron chi connectivity index (χ4n) is 3.94. The molecule has 2 aromatic rings. The normalized spacial score (nSPS) is 16.7. The van der Waals surface area contributed by atoms with E-state index in [-0.39, 0.29) is 24.9 Å². The first-order valence-electron chi connectivity index (χ1n) is 10.5. The zero-order valence-corrected chi connectivity index (χ0v) is 18.3. The summed E-state index contributed by atoms with van der Waals surface area (Å²) in [6, 6.07) is 9.83. The first-order chi connectivity index (χ1) is 14.6. The van der Waals surface area contributed by atoms with E-state index in [1.807, 2.05) is 29.2 Å².